The van der Waals surface area contributed by atoms with Crippen LogP contribution in [0.3, 0.4) is 0 Å². The summed E-state index contributed by atoms with van der Waals surface area (Å²) in [7, 11) is 1.56. The molecule has 0 bridgehead atoms. The molecule has 2 heterocycles. The molecule has 1 atom stereocenters. The minimum absolute atomic E-state index is 0.00522. The van der Waals surface area contributed by atoms with E-state index in [2.05, 4.69) is 0 Å². The monoisotopic (exact) mass is 289 g/mol. The Bertz CT molecular complexity index is 749. The van der Waals surface area contributed by atoms with Gasteiger partial charge in [-0.25, -0.2) is 0 Å². The lowest BCUT2D eigenvalue weighted by Gasteiger charge is -2.14. The van der Waals surface area contributed by atoms with E-state index >= 15 is 0 Å². The van der Waals surface area contributed by atoms with Crippen molar-refractivity contribution in [1.29, 1.82) is 0 Å². The molecule has 1 unspecified atom stereocenters. The lowest BCUT2D eigenvalue weighted by Crippen LogP contribution is -2.13. The third kappa shape index (κ3) is 2.13. The number of fused-ring (bicyclic) bond motifs is 2. The Kier molecular flexibility index (Phi) is 3.31. The second-order valence-corrected chi connectivity index (χ2v) is 4.81. The highest BCUT2D eigenvalue weighted by molar-refractivity contribution is 6.04. The number of methoxy groups -OCH3 is 1. The van der Waals surface area contributed by atoms with Crippen LogP contribution in [0.25, 0.3) is 21.9 Å². The topological polar surface area (TPSA) is 98.8 Å². The van der Waals surface area contributed by atoms with Crippen molar-refractivity contribution in [3.63, 3.8) is 0 Å². The van der Waals surface area contributed by atoms with Gasteiger partial charge in [0.25, 0.3) is 0 Å². The molecule has 0 aliphatic heterocycles. The number of benzene rings is 1. The number of furan rings is 2. The fourth-order valence-corrected chi connectivity index (χ4v) is 2.63. The van der Waals surface area contributed by atoms with Gasteiger partial charge in [0.15, 0.2) is 11.3 Å². The minimum Gasteiger partial charge on any atom is -0.492 e. The Morgan fingerprint density at radius 3 is 2.62 bits per heavy atom. The Morgan fingerprint density at radius 2 is 1.95 bits per heavy atom. The Hall–Kier alpha value is -2.47. The first-order valence-electron chi connectivity index (χ1n) is 6.55. The Labute approximate surface area is 120 Å². The first-order valence-corrected chi connectivity index (χ1v) is 6.55. The molecule has 0 radical (unpaired) electrons. The van der Waals surface area contributed by atoms with Gasteiger partial charge in [0.2, 0.25) is 0 Å². The maximum absolute atomic E-state index is 10.7. The molecule has 0 fully saturated rings. The van der Waals surface area contributed by atoms with Crippen LogP contribution < -0.4 is 10.5 Å². The van der Waals surface area contributed by atoms with Crippen LogP contribution in [-0.2, 0) is 4.79 Å². The zero-order valence-corrected chi connectivity index (χ0v) is 11.5. The molecule has 6 nitrogen and oxygen atoms in total. The number of nitrogens with two attached hydrogens (primary N) is 1. The lowest BCUT2D eigenvalue weighted by molar-refractivity contribution is -0.137. The molecule has 21 heavy (non-hydrogen) atoms. The molecule has 0 saturated heterocycles. The van der Waals surface area contributed by atoms with Crippen LogP contribution in [0, 0.1) is 0 Å². The number of carboxylic acid groups (broad SMARTS) is 1. The number of rotatable bonds is 5. The number of carboxylic acids is 1. The smallest absolute Gasteiger partial charge is 0.303 e. The third-order valence-electron chi connectivity index (χ3n) is 3.56. The van der Waals surface area contributed by atoms with Crippen molar-refractivity contribution in [2.45, 2.75) is 18.9 Å². The summed E-state index contributed by atoms with van der Waals surface area (Å²) in [6.07, 6.45) is 3.42. The van der Waals surface area contributed by atoms with Crippen molar-refractivity contribution in [3.05, 3.63) is 30.2 Å². The van der Waals surface area contributed by atoms with Crippen LogP contribution in [0.15, 0.2) is 33.5 Å². The average molecular weight is 289 g/mol. The van der Waals surface area contributed by atoms with Crippen molar-refractivity contribution >= 4 is 27.9 Å². The quantitative estimate of drug-likeness (QED) is 0.749. The molecular formula is C15H15NO5. The zero-order valence-electron chi connectivity index (χ0n) is 11.5. The van der Waals surface area contributed by atoms with Crippen molar-refractivity contribution < 1.29 is 23.5 Å². The van der Waals surface area contributed by atoms with E-state index in [0.717, 1.165) is 16.3 Å². The number of carbonyl (C=O) groups is 1. The molecule has 110 valence electrons. The predicted octanol–water partition coefficient (Wildman–Crippen LogP) is 3.05. The normalized spacial score (nSPS) is 12.9. The summed E-state index contributed by atoms with van der Waals surface area (Å²) in [4.78, 5) is 10.7. The molecule has 0 saturated carbocycles. The van der Waals surface area contributed by atoms with Gasteiger partial charge in [-0.3, -0.25) is 4.79 Å². The molecule has 2 aromatic heterocycles. The molecule has 0 amide bonds. The number of ether oxygens (including phenoxy) is 1. The lowest BCUT2D eigenvalue weighted by atomic mass is 9.97. The largest absolute Gasteiger partial charge is 0.492 e. The molecular weight excluding hydrogens is 274 g/mol. The van der Waals surface area contributed by atoms with Gasteiger partial charge >= 0.3 is 5.97 Å². The van der Waals surface area contributed by atoms with E-state index in [-0.39, 0.29) is 6.42 Å². The van der Waals surface area contributed by atoms with Crippen molar-refractivity contribution in [2.75, 3.05) is 7.11 Å². The Balaban J connectivity index is 2.21. The number of aliphatic carboxylic acids is 1. The van der Waals surface area contributed by atoms with Crippen LogP contribution in [0.1, 0.15) is 24.4 Å². The summed E-state index contributed by atoms with van der Waals surface area (Å²) in [5, 5.41) is 10.4. The van der Waals surface area contributed by atoms with Gasteiger partial charge < -0.3 is 24.4 Å². The average Bonchev–Trinajstić information content (AvgIpc) is 3.10. The zero-order chi connectivity index (χ0) is 15.0. The van der Waals surface area contributed by atoms with E-state index in [9.17, 15) is 4.79 Å². The fraction of sp³-hybridized carbons (Fsp3) is 0.267. The second kappa shape index (κ2) is 5.14. The van der Waals surface area contributed by atoms with E-state index in [4.69, 9.17) is 24.4 Å². The van der Waals surface area contributed by atoms with Gasteiger partial charge in [0, 0.05) is 23.4 Å². The second-order valence-electron chi connectivity index (χ2n) is 4.81. The molecule has 0 aliphatic carbocycles. The van der Waals surface area contributed by atoms with E-state index in [1.54, 1.807) is 31.8 Å². The van der Waals surface area contributed by atoms with Gasteiger partial charge in [-0.2, -0.15) is 0 Å². The van der Waals surface area contributed by atoms with Crippen LogP contribution in [0.2, 0.25) is 0 Å². The number of hydrogen-bond donors (Lipinski definition) is 2. The highest BCUT2D eigenvalue weighted by Gasteiger charge is 2.23. The summed E-state index contributed by atoms with van der Waals surface area (Å²) in [5.41, 5.74) is 8.13. The van der Waals surface area contributed by atoms with E-state index in [0.29, 0.717) is 23.3 Å². The highest BCUT2D eigenvalue weighted by Crippen LogP contribution is 2.42. The summed E-state index contributed by atoms with van der Waals surface area (Å²) >= 11 is 0. The van der Waals surface area contributed by atoms with Gasteiger partial charge in [-0.05, 0) is 18.6 Å². The van der Waals surface area contributed by atoms with E-state index < -0.39 is 12.0 Å². The molecule has 0 aliphatic rings. The first kappa shape index (κ1) is 13.5. The summed E-state index contributed by atoms with van der Waals surface area (Å²) in [6, 6.07) is 3.11. The summed E-state index contributed by atoms with van der Waals surface area (Å²) < 4.78 is 16.4. The summed E-state index contributed by atoms with van der Waals surface area (Å²) in [6.45, 7) is 0. The third-order valence-corrected chi connectivity index (χ3v) is 3.56. The summed E-state index contributed by atoms with van der Waals surface area (Å²) in [5.74, 6) is -0.286. The van der Waals surface area contributed by atoms with Crippen LogP contribution >= 0.6 is 0 Å². The van der Waals surface area contributed by atoms with Crippen molar-refractivity contribution in [3.8, 4) is 5.75 Å². The molecule has 3 rings (SSSR count). The van der Waals surface area contributed by atoms with Gasteiger partial charge in [-0.15, -0.1) is 0 Å². The SMILES string of the molecule is COc1c2ccoc2c(C(N)CCC(=O)O)c2ccoc12. The molecule has 6 heteroatoms. The van der Waals surface area contributed by atoms with Crippen LogP contribution in [-0.4, -0.2) is 18.2 Å². The first-order chi connectivity index (χ1) is 10.1. The fourth-order valence-electron chi connectivity index (χ4n) is 2.63. The van der Waals surface area contributed by atoms with Gasteiger partial charge in [0.05, 0.1) is 25.0 Å². The minimum atomic E-state index is -0.877. The Morgan fingerprint density at radius 1 is 1.29 bits per heavy atom. The maximum Gasteiger partial charge on any atom is 0.303 e. The molecule has 3 aromatic rings. The standard InChI is InChI=1S/C15H15NO5/c1-19-14-9-5-7-20-13(9)12(8-4-6-21-15(8)14)10(16)2-3-11(17)18/h4-7,10H,2-3,16H2,1H3,(H,17,18). The predicted molar refractivity (Wildman–Crippen MR) is 76.3 cm³/mol. The molecule has 3 N–H and O–H groups in total. The molecule has 1 aromatic carbocycles. The number of hydrogen-bond acceptors (Lipinski definition) is 5. The van der Waals surface area contributed by atoms with E-state index in [1.807, 2.05) is 0 Å². The van der Waals surface area contributed by atoms with E-state index in [1.165, 1.54) is 0 Å². The van der Waals surface area contributed by atoms with Crippen molar-refractivity contribution in [1.82, 2.24) is 0 Å². The van der Waals surface area contributed by atoms with Crippen LogP contribution in [0.4, 0.5) is 0 Å². The maximum atomic E-state index is 10.7. The van der Waals surface area contributed by atoms with Crippen LogP contribution in [0.5, 0.6) is 5.75 Å². The van der Waals surface area contributed by atoms with Gasteiger partial charge in [-0.1, -0.05) is 0 Å². The molecule has 0 spiro atoms. The van der Waals surface area contributed by atoms with Crippen molar-refractivity contribution in [2.24, 2.45) is 5.73 Å². The highest BCUT2D eigenvalue weighted by atomic mass is 16.5. The van der Waals surface area contributed by atoms with Gasteiger partial charge in [0.1, 0.15) is 5.58 Å².